The van der Waals surface area contributed by atoms with Gasteiger partial charge in [0.05, 0.1) is 0 Å². The van der Waals surface area contributed by atoms with Gasteiger partial charge in [0.25, 0.3) is 5.91 Å². The molecule has 1 atom stereocenters. The Kier molecular flexibility index (Phi) is 6.99. The lowest BCUT2D eigenvalue weighted by atomic mass is 10.2. The lowest BCUT2D eigenvalue weighted by Gasteiger charge is -2.20. The highest BCUT2D eigenvalue weighted by molar-refractivity contribution is 7.80. The van der Waals surface area contributed by atoms with Crippen LogP contribution in [0, 0.1) is 0 Å². The Labute approximate surface area is 103 Å². The molecular weight excluding hydrogens is 248 g/mol. The zero-order valence-electron chi connectivity index (χ0n) is 8.94. The number of allylic oxidation sites excluding steroid dienone is 1. The van der Waals surface area contributed by atoms with Gasteiger partial charge < -0.3 is 10.2 Å². The van der Waals surface area contributed by atoms with E-state index in [9.17, 15) is 14.4 Å². The number of aliphatic carboxylic acids is 2. The summed E-state index contributed by atoms with van der Waals surface area (Å²) < 4.78 is 0. The van der Waals surface area contributed by atoms with Crippen LogP contribution in [0.2, 0.25) is 0 Å². The van der Waals surface area contributed by atoms with E-state index in [1.807, 2.05) is 0 Å². The lowest BCUT2D eigenvalue weighted by Crippen LogP contribution is -2.50. The van der Waals surface area contributed by atoms with Crippen molar-refractivity contribution >= 4 is 30.5 Å². The largest absolute Gasteiger partial charge is 0.481 e. The molecule has 96 valence electrons. The van der Waals surface area contributed by atoms with Crippen LogP contribution in [0.1, 0.15) is 12.8 Å². The first-order valence-corrected chi connectivity index (χ1v) is 5.33. The van der Waals surface area contributed by atoms with Crippen molar-refractivity contribution in [1.82, 2.24) is 5.01 Å². The highest BCUT2D eigenvalue weighted by atomic mass is 32.1. The van der Waals surface area contributed by atoms with E-state index in [-0.39, 0.29) is 18.6 Å². The third kappa shape index (κ3) is 5.93. The van der Waals surface area contributed by atoms with E-state index >= 15 is 0 Å². The molecule has 0 bridgehead atoms. The van der Waals surface area contributed by atoms with Crippen LogP contribution in [-0.4, -0.2) is 44.9 Å². The molecule has 0 aromatic rings. The Balaban J connectivity index is 4.30. The van der Waals surface area contributed by atoms with Crippen molar-refractivity contribution in [2.24, 2.45) is 5.84 Å². The van der Waals surface area contributed by atoms with Crippen LogP contribution in [0.15, 0.2) is 12.2 Å². The van der Waals surface area contributed by atoms with Crippen LogP contribution in [0.4, 0.5) is 0 Å². The second-order valence-electron chi connectivity index (χ2n) is 3.12. The summed E-state index contributed by atoms with van der Waals surface area (Å²) >= 11 is 3.77. The minimum atomic E-state index is -1.25. The molecule has 0 rings (SSSR count). The van der Waals surface area contributed by atoms with Gasteiger partial charge in [0.1, 0.15) is 0 Å². The minimum absolute atomic E-state index is 0.108. The lowest BCUT2D eigenvalue weighted by molar-refractivity contribution is -0.147. The van der Waals surface area contributed by atoms with Crippen LogP contribution in [0.25, 0.3) is 0 Å². The summed E-state index contributed by atoms with van der Waals surface area (Å²) in [5.74, 6) is 2.24. The molecule has 0 aliphatic carbocycles. The number of amides is 1. The van der Waals surface area contributed by atoms with Crippen LogP contribution in [-0.2, 0) is 14.4 Å². The second-order valence-corrected chi connectivity index (χ2v) is 3.48. The van der Waals surface area contributed by atoms with Gasteiger partial charge in [0.2, 0.25) is 0 Å². The average molecular weight is 262 g/mol. The maximum absolute atomic E-state index is 11.4. The van der Waals surface area contributed by atoms with Crippen molar-refractivity contribution in [3.8, 4) is 0 Å². The molecule has 1 amide bonds. The number of rotatable bonds is 7. The van der Waals surface area contributed by atoms with Crippen molar-refractivity contribution in [3.05, 3.63) is 12.2 Å². The molecule has 7 nitrogen and oxygen atoms in total. The number of carboxylic acids is 2. The van der Waals surface area contributed by atoms with Gasteiger partial charge >= 0.3 is 11.9 Å². The number of carbonyl (C=O) groups is 3. The summed E-state index contributed by atoms with van der Waals surface area (Å²) in [7, 11) is 0. The third-order valence-corrected chi connectivity index (χ3v) is 2.18. The number of nitrogens with zero attached hydrogens (tertiary/aromatic N) is 1. The number of carboxylic acid groups (broad SMARTS) is 2. The number of nitrogens with two attached hydrogens (primary N) is 1. The van der Waals surface area contributed by atoms with Gasteiger partial charge in [0, 0.05) is 18.2 Å². The van der Waals surface area contributed by atoms with Crippen molar-refractivity contribution in [1.29, 1.82) is 0 Å². The molecule has 4 N–H and O–H groups in total. The molecule has 0 saturated carbocycles. The van der Waals surface area contributed by atoms with Crippen molar-refractivity contribution in [2.45, 2.75) is 18.9 Å². The molecule has 0 spiro atoms. The van der Waals surface area contributed by atoms with Crippen LogP contribution in [0.5, 0.6) is 0 Å². The summed E-state index contributed by atoms with van der Waals surface area (Å²) in [4.78, 5) is 32.2. The fraction of sp³-hybridized carbons (Fsp3) is 0.444. The molecule has 0 aliphatic heterocycles. The summed E-state index contributed by atoms with van der Waals surface area (Å²) in [6.07, 6.45) is 2.44. The van der Waals surface area contributed by atoms with E-state index in [4.69, 9.17) is 16.1 Å². The van der Waals surface area contributed by atoms with Crippen LogP contribution in [0.3, 0.4) is 0 Å². The standard InChI is InChI=1S/C9H14N2O5S/c10-11(6(5-17)9(15)16)7(12)3-1-2-4-8(13)14/h1,3,6,17H,2,4-5,10H2,(H,13,14)(H,15,16)/t6-/m0/s1. The molecular formula is C9H14N2O5S. The van der Waals surface area contributed by atoms with Crippen molar-refractivity contribution in [3.63, 3.8) is 0 Å². The Morgan fingerprint density at radius 1 is 1.35 bits per heavy atom. The predicted octanol–water partition coefficient (Wildman–Crippen LogP) is -0.507. The number of hydrogen-bond donors (Lipinski definition) is 4. The summed E-state index contributed by atoms with van der Waals surface area (Å²) in [5.41, 5.74) is 0. The second kappa shape index (κ2) is 7.69. The number of thiol groups is 1. The Morgan fingerprint density at radius 3 is 2.35 bits per heavy atom. The van der Waals surface area contributed by atoms with Gasteiger partial charge in [-0.2, -0.15) is 12.6 Å². The van der Waals surface area contributed by atoms with Crippen LogP contribution < -0.4 is 5.84 Å². The molecule has 0 radical (unpaired) electrons. The smallest absolute Gasteiger partial charge is 0.328 e. The van der Waals surface area contributed by atoms with Gasteiger partial charge in [-0.3, -0.25) is 14.6 Å². The molecule has 0 saturated heterocycles. The summed E-state index contributed by atoms with van der Waals surface area (Å²) in [6.45, 7) is 0. The third-order valence-electron chi connectivity index (χ3n) is 1.83. The van der Waals surface area contributed by atoms with Crippen LogP contribution >= 0.6 is 12.6 Å². The number of hydrogen-bond acceptors (Lipinski definition) is 5. The molecule has 0 heterocycles. The fourth-order valence-electron chi connectivity index (χ4n) is 0.916. The average Bonchev–Trinajstić information content (AvgIpc) is 2.24. The topological polar surface area (TPSA) is 121 Å². The number of carbonyl (C=O) groups excluding carboxylic acids is 1. The molecule has 0 aromatic heterocycles. The van der Waals surface area contributed by atoms with E-state index < -0.39 is 23.9 Å². The first kappa shape index (κ1) is 15.5. The first-order valence-electron chi connectivity index (χ1n) is 4.70. The summed E-state index contributed by atoms with van der Waals surface area (Å²) in [5, 5.41) is 17.6. The summed E-state index contributed by atoms with van der Waals surface area (Å²) in [6, 6.07) is -1.21. The monoisotopic (exact) mass is 262 g/mol. The maximum atomic E-state index is 11.4. The molecule has 0 fully saturated rings. The highest BCUT2D eigenvalue weighted by Gasteiger charge is 2.24. The number of hydrazine groups is 1. The van der Waals surface area contributed by atoms with Gasteiger partial charge in [-0.15, -0.1) is 0 Å². The van der Waals surface area contributed by atoms with Gasteiger partial charge in [-0.1, -0.05) is 6.08 Å². The Morgan fingerprint density at radius 2 is 1.94 bits per heavy atom. The van der Waals surface area contributed by atoms with Crippen molar-refractivity contribution in [2.75, 3.05) is 5.75 Å². The molecule has 17 heavy (non-hydrogen) atoms. The first-order chi connectivity index (χ1) is 7.90. The predicted molar refractivity (Wildman–Crippen MR) is 62.3 cm³/mol. The Hall–Kier alpha value is -1.54. The van der Waals surface area contributed by atoms with Gasteiger partial charge in [-0.25, -0.2) is 10.6 Å². The van der Waals surface area contributed by atoms with E-state index in [1.54, 1.807) is 0 Å². The zero-order chi connectivity index (χ0) is 13.4. The van der Waals surface area contributed by atoms with E-state index in [1.165, 1.54) is 6.08 Å². The SMILES string of the molecule is NN(C(=O)C=CCCC(=O)O)[C@@H](CS)C(=O)O. The van der Waals surface area contributed by atoms with E-state index in [0.29, 0.717) is 5.01 Å². The molecule has 0 aromatic carbocycles. The molecule has 8 heteroatoms. The highest BCUT2D eigenvalue weighted by Crippen LogP contribution is 2.00. The van der Waals surface area contributed by atoms with E-state index in [0.717, 1.165) is 6.08 Å². The van der Waals surface area contributed by atoms with E-state index in [2.05, 4.69) is 12.6 Å². The zero-order valence-corrected chi connectivity index (χ0v) is 9.84. The molecule has 0 aliphatic rings. The fourth-order valence-corrected chi connectivity index (χ4v) is 1.25. The van der Waals surface area contributed by atoms with Crippen molar-refractivity contribution < 1.29 is 24.6 Å². The Bertz CT molecular complexity index is 331. The minimum Gasteiger partial charge on any atom is -0.481 e. The van der Waals surface area contributed by atoms with Gasteiger partial charge in [0.15, 0.2) is 6.04 Å². The maximum Gasteiger partial charge on any atom is 0.328 e. The normalized spacial score (nSPS) is 12.4. The molecule has 0 unspecified atom stereocenters. The van der Waals surface area contributed by atoms with Gasteiger partial charge in [-0.05, 0) is 6.42 Å². The quantitative estimate of drug-likeness (QED) is 0.161.